The van der Waals surface area contributed by atoms with E-state index >= 15 is 0 Å². The van der Waals surface area contributed by atoms with Gasteiger partial charge in [0, 0.05) is 11.4 Å². The molecule has 1 aromatic rings. The highest BCUT2D eigenvalue weighted by Gasteiger charge is 2.12. The molecule has 0 saturated heterocycles. The van der Waals surface area contributed by atoms with Crippen LogP contribution < -0.4 is 0 Å². The Morgan fingerprint density at radius 3 is 2.73 bits per heavy atom. The number of hydrogen-bond donors (Lipinski definition) is 1. The van der Waals surface area contributed by atoms with Crippen molar-refractivity contribution in [2.45, 2.75) is 26.8 Å². The number of carboxylic acids is 1. The summed E-state index contributed by atoms with van der Waals surface area (Å²) in [5.74, 6) is -0.818. The molecule has 0 aliphatic rings. The van der Waals surface area contributed by atoms with Crippen molar-refractivity contribution in [2.75, 3.05) is 13.1 Å². The smallest absolute Gasteiger partial charge is 0.309 e. The van der Waals surface area contributed by atoms with Gasteiger partial charge in [-0.2, -0.15) is 0 Å². The molecule has 0 fully saturated rings. The van der Waals surface area contributed by atoms with E-state index in [0.717, 1.165) is 24.5 Å². The first kappa shape index (κ1) is 12.1. The molecule has 0 amide bonds. The predicted octanol–water partition coefficient (Wildman–Crippen LogP) is 1.61. The fourth-order valence-electron chi connectivity index (χ4n) is 1.36. The molecule has 0 saturated carbocycles. The third kappa shape index (κ3) is 3.60. The summed E-state index contributed by atoms with van der Waals surface area (Å²) in [6, 6.07) is 0. The lowest BCUT2D eigenvalue weighted by molar-refractivity contribution is -0.136. The van der Waals surface area contributed by atoms with E-state index in [1.807, 2.05) is 0 Å². The summed E-state index contributed by atoms with van der Waals surface area (Å²) in [5.41, 5.74) is 2.43. The van der Waals surface area contributed by atoms with Crippen LogP contribution in [-0.4, -0.2) is 34.0 Å². The third-order valence-corrected chi connectivity index (χ3v) is 3.17. The van der Waals surface area contributed by atoms with Crippen molar-refractivity contribution in [3.8, 4) is 0 Å². The minimum atomic E-state index is -0.818. The van der Waals surface area contributed by atoms with E-state index in [4.69, 9.17) is 5.11 Å². The van der Waals surface area contributed by atoms with Crippen molar-refractivity contribution in [1.29, 1.82) is 0 Å². The molecule has 0 aliphatic heterocycles. The zero-order valence-electron chi connectivity index (χ0n) is 9.06. The molecule has 0 aromatic carbocycles. The number of carboxylic acid groups (broad SMARTS) is 1. The molecule has 1 N–H and O–H groups in total. The van der Waals surface area contributed by atoms with Gasteiger partial charge in [0.15, 0.2) is 0 Å². The molecular formula is C10H16N2O2S. The molecule has 0 radical (unpaired) electrons. The van der Waals surface area contributed by atoms with Crippen molar-refractivity contribution >= 4 is 17.3 Å². The molecule has 5 heteroatoms. The first-order valence-electron chi connectivity index (χ1n) is 5.02. The molecule has 15 heavy (non-hydrogen) atoms. The molecule has 0 spiro atoms. The van der Waals surface area contributed by atoms with Crippen LogP contribution in [0.3, 0.4) is 0 Å². The number of rotatable bonds is 6. The van der Waals surface area contributed by atoms with E-state index in [-0.39, 0.29) is 6.42 Å². The zero-order chi connectivity index (χ0) is 11.3. The van der Waals surface area contributed by atoms with E-state index in [0.29, 0.717) is 5.69 Å². The van der Waals surface area contributed by atoms with E-state index in [2.05, 4.69) is 23.7 Å². The lowest BCUT2D eigenvalue weighted by atomic mass is 10.2. The van der Waals surface area contributed by atoms with E-state index in [9.17, 15) is 4.79 Å². The maximum absolute atomic E-state index is 10.6. The number of hydrogen-bond acceptors (Lipinski definition) is 4. The van der Waals surface area contributed by atoms with Gasteiger partial charge in [-0.1, -0.05) is 13.8 Å². The SMILES string of the molecule is CCN(CC)Cc1scnc1CC(=O)O. The second kappa shape index (κ2) is 5.82. The monoisotopic (exact) mass is 228 g/mol. The van der Waals surface area contributed by atoms with Gasteiger partial charge in [0.2, 0.25) is 0 Å². The molecular weight excluding hydrogens is 212 g/mol. The maximum atomic E-state index is 10.6. The number of thiazole rings is 1. The minimum absolute atomic E-state index is 0.0279. The highest BCUT2D eigenvalue weighted by molar-refractivity contribution is 7.09. The van der Waals surface area contributed by atoms with Crippen LogP contribution in [-0.2, 0) is 17.8 Å². The van der Waals surface area contributed by atoms with Gasteiger partial charge in [-0.25, -0.2) is 4.98 Å². The van der Waals surface area contributed by atoms with Gasteiger partial charge in [0.25, 0.3) is 0 Å². The quantitative estimate of drug-likeness (QED) is 0.803. The van der Waals surface area contributed by atoms with Crippen LogP contribution >= 0.6 is 11.3 Å². The Bertz CT molecular complexity index is 321. The Hall–Kier alpha value is -0.940. The van der Waals surface area contributed by atoms with Crippen molar-refractivity contribution < 1.29 is 9.90 Å². The van der Waals surface area contributed by atoms with Crippen LogP contribution in [0.15, 0.2) is 5.51 Å². The first-order chi connectivity index (χ1) is 7.17. The molecule has 0 bridgehead atoms. The third-order valence-electron chi connectivity index (χ3n) is 2.31. The van der Waals surface area contributed by atoms with E-state index in [1.54, 1.807) is 5.51 Å². The summed E-state index contributed by atoms with van der Waals surface area (Å²) < 4.78 is 0. The Balaban J connectivity index is 2.67. The fraction of sp³-hybridized carbons (Fsp3) is 0.600. The highest BCUT2D eigenvalue weighted by atomic mass is 32.1. The van der Waals surface area contributed by atoms with Gasteiger partial charge in [-0.3, -0.25) is 9.69 Å². The number of carbonyl (C=O) groups is 1. The normalized spacial score (nSPS) is 10.9. The second-order valence-electron chi connectivity index (χ2n) is 3.25. The van der Waals surface area contributed by atoms with Crippen LogP contribution in [0.5, 0.6) is 0 Å². The number of aliphatic carboxylic acids is 1. The standard InChI is InChI=1S/C10H16N2O2S/c1-3-12(4-2)6-9-8(5-10(13)14)11-7-15-9/h7H,3-6H2,1-2H3,(H,13,14). The highest BCUT2D eigenvalue weighted by Crippen LogP contribution is 2.16. The summed E-state index contributed by atoms with van der Waals surface area (Å²) in [6.45, 7) is 6.95. The van der Waals surface area contributed by atoms with Crippen molar-refractivity contribution in [2.24, 2.45) is 0 Å². The average molecular weight is 228 g/mol. The molecule has 84 valence electrons. The first-order valence-corrected chi connectivity index (χ1v) is 5.90. The van der Waals surface area contributed by atoms with E-state index in [1.165, 1.54) is 11.3 Å². The molecule has 4 nitrogen and oxygen atoms in total. The fourth-order valence-corrected chi connectivity index (χ4v) is 2.19. The molecule has 0 aliphatic carbocycles. The predicted molar refractivity (Wildman–Crippen MR) is 60.1 cm³/mol. The summed E-state index contributed by atoms with van der Waals surface area (Å²) in [6.07, 6.45) is 0.0279. The Morgan fingerprint density at radius 1 is 1.53 bits per heavy atom. The summed E-state index contributed by atoms with van der Waals surface area (Å²) in [7, 11) is 0. The Kier molecular flexibility index (Phi) is 4.71. The molecule has 0 atom stereocenters. The van der Waals surface area contributed by atoms with Gasteiger partial charge < -0.3 is 5.11 Å². The van der Waals surface area contributed by atoms with Crippen LogP contribution in [0.1, 0.15) is 24.4 Å². The van der Waals surface area contributed by atoms with Gasteiger partial charge in [0.1, 0.15) is 0 Å². The van der Waals surface area contributed by atoms with Crippen LogP contribution in [0, 0.1) is 0 Å². The Morgan fingerprint density at radius 2 is 2.20 bits per heavy atom. The summed E-state index contributed by atoms with van der Waals surface area (Å²) in [4.78, 5) is 18.0. The lowest BCUT2D eigenvalue weighted by Crippen LogP contribution is -2.22. The Labute approximate surface area is 93.6 Å². The number of aromatic nitrogens is 1. The molecule has 1 rings (SSSR count). The van der Waals surface area contributed by atoms with Crippen LogP contribution in [0.4, 0.5) is 0 Å². The summed E-state index contributed by atoms with van der Waals surface area (Å²) >= 11 is 1.53. The largest absolute Gasteiger partial charge is 0.481 e. The molecule has 1 heterocycles. The molecule has 0 unspecified atom stereocenters. The van der Waals surface area contributed by atoms with Crippen LogP contribution in [0.25, 0.3) is 0 Å². The topological polar surface area (TPSA) is 53.4 Å². The van der Waals surface area contributed by atoms with Crippen molar-refractivity contribution in [3.05, 3.63) is 16.1 Å². The zero-order valence-corrected chi connectivity index (χ0v) is 9.88. The maximum Gasteiger partial charge on any atom is 0.309 e. The average Bonchev–Trinajstić information content (AvgIpc) is 2.61. The van der Waals surface area contributed by atoms with Crippen LogP contribution in [0.2, 0.25) is 0 Å². The summed E-state index contributed by atoms with van der Waals surface area (Å²) in [5, 5.41) is 8.71. The molecule has 1 aromatic heterocycles. The van der Waals surface area contributed by atoms with E-state index < -0.39 is 5.97 Å². The number of nitrogens with zero attached hydrogens (tertiary/aromatic N) is 2. The second-order valence-corrected chi connectivity index (χ2v) is 4.19. The van der Waals surface area contributed by atoms with Gasteiger partial charge in [-0.15, -0.1) is 11.3 Å². The van der Waals surface area contributed by atoms with Gasteiger partial charge in [-0.05, 0) is 13.1 Å². The van der Waals surface area contributed by atoms with Crippen molar-refractivity contribution in [1.82, 2.24) is 9.88 Å². The van der Waals surface area contributed by atoms with Crippen molar-refractivity contribution in [3.63, 3.8) is 0 Å². The van der Waals surface area contributed by atoms with Gasteiger partial charge in [0.05, 0.1) is 17.6 Å². The van der Waals surface area contributed by atoms with Gasteiger partial charge >= 0.3 is 5.97 Å². The minimum Gasteiger partial charge on any atom is -0.481 e. The lowest BCUT2D eigenvalue weighted by Gasteiger charge is -2.17.